The summed E-state index contributed by atoms with van der Waals surface area (Å²) in [6.07, 6.45) is 13.2. The van der Waals surface area contributed by atoms with E-state index in [1.807, 2.05) is 28.7 Å². The maximum atomic E-state index is 12.4. The molecular weight excluding hydrogens is 424 g/mol. The SMILES string of the molecule is CCCCCCCc1ccc(-c2ccc(-c3ccc(C(=O)CCCCCC)s3)s2)s1. The van der Waals surface area contributed by atoms with Crippen molar-refractivity contribution >= 4 is 39.8 Å². The third-order valence-corrected chi connectivity index (χ3v) is 9.17. The number of carbonyl (C=O) groups is 1. The quantitative estimate of drug-likeness (QED) is 0.173. The first-order valence-corrected chi connectivity index (χ1v) is 14.0. The van der Waals surface area contributed by atoms with E-state index in [4.69, 9.17) is 0 Å². The van der Waals surface area contributed by atoms with Gasteiger partial charge < -0.3 is 0 Å². The Kier molecular flexibility index (Phi) is 9.83. The van der Waals surface area contributed by atoms with Crippen LogP contribution < -0.4 is 0 Å². The van der Waals surface area contributed by atoms with Crippen molar-refractivity contribution in [2.24, 2.45) is 0 Å². The summed E-state index contributed by atoms with van der Waals surface area (Å²) in [6, 6.07) is 13.2. The lowest BCUT2D eigenvalue weighted by Gasteiger charge is -1.98. The van der Waals surface area contributed by atoms with Gasteiger partial charge >= 0.3 is 0 Å². The second kappa shape index (κ2) is 12.6. The number of thiophene rings is 3. The maximum absolute atomic E-state index is 12.4. The summed E-state index contributed by atoms with van der Waals surface area (Å²) in [5.74, 6) is 0.306. The van der Waals surface area contributed by atoms with Crippen LogP contribution in [0.1, 0.15) is 92.6 Å². The van der Waals surface area contributed by atoms with Gasteiger partial charge in [-0.05, 0) is 55.7 Å². The Labute approximate surface area is 194 Å². The van der Waals surface area contributed by atoms with E-state index in [2.05, 4.69) is 44.2 Å². The van der Waals surface area contributed by atoms with Gasteiger partial charge in [0.15, 0.2) is 5.78 Å². The molecule has 0 atom stereocenters. The summed E-state index contributed by atoms with van der Waals surface area (Å²) in [5.41, 5.74) is 0. The Bertz CT molecular complexity index is 899. The van der Waals surface area contributed by atoms with E-state index >= 15 is 0 Å². The summed E-state index contributed by atoms with van der Waals surface area (Å²) >= 11 is 5.44. The lowest BCUT2D eigenvalue weighted by Crippen LogP contribution is -1.95. The molecule has 0 spiro atoms. The van der Waals surface area contributed by atoms with Gasteiger partial charge in [-0.25, -0.2) is 0 Å². The van der Waals surface area contributed by atoms with Gasteiger partial charge in [0.1, 0.15) is 0 Å². The number of hydrogen-bond acceptors (Lipinski definition) is 4. The fraction of sp³-hybridized carbons (Fsp3) is 0.500. The van der Waals surface area contributed by atoms with Gasteiger partial charge in [-0.1, -0.05) is 58.8 Å². The first-order valence-electron chi connectivity index (χ1n) is 11.5. The van der Waals surface area contributed by atoms with E-state index in [1.165, 1.54) is 75.8 Å². The smallest absolute Gasteiger partial charge is 0.172 e. The van der Waals surface area contributed by atoms with Crippen LogP contribution in [0.4, 0.5) is 0 Å². The summed E-state index contributed by atoms with van der Waals surface area (Å²) in [7, 11) is 0. The molecule has 0 saturated heterocycles. The van der Waals surface area contributed by atoms with Crippen molar-refractivity contribution in [3.63, 3.8) is 0 Å². The van der Waals surface area contributed by atoms with Crippen molar-refractivity contribution in [2.45, 2.75) is 84.5 Å². The second-order valence-corrected chi connectivity index (χ2v) is 11.3. The molecule has 0 N–H and O–H groups in total. The zero-order valence-electron chi connectivity index (χ0n) is 18.4. The van der Waals surface area contributed by atoms with Gasteiger partial charge in [0.2, 0.25) is 0 Å². The molecule has 30 heavy (non-hydrogen) atoms. The van der Waals surface area contributed by atoms with Crippen molar-refractivity contribution in [3.8, 4) is 19.5 Å². The highest BCUT2D eigenvalue weighted by molar-refractivity contribution is 7.26. The molecule has 3 heterocycles. The average Bonchev–Trinajstić information content (AvgIpc) is 3.50. The molecule has 3 rings (SSSR count). The van der Waals surface area contributed by atoms with E-state index < -0.39 is 0 Å². The van der Waals surface area contributed by atoms with Crippen molar-refractivity contribution in [1.82, 2.24) is 0 Å². The molecule has 3 aromatic heterocycles. The van der Waals surface area contributed by atoms with Crippen LogP contribution in [0.3, 0.4) is 0 Å². The van der Waals surface area contributed by atoms with Crippen LogP contribution in [-0.4, -0.2) is 5.78 Å². The summed E-state index contributed by atoms with van der Waals surface area (Å²) in [6.45, 7) is 4.47. The number of unbranched alkanes of at least 4 members (excludes halogenated alkanes) is 7. The number of carbonyl (C=O) groups excluding carboxylic acids is 1. The normalized spacial score (nSPS) is 11.3. The van der Waals surface area contributed by atoms with E-state index in [9.17, 15) is 4.79 Å². The Balaban J connectivity index is 1.55. The molecule has 0 fully saturated rings. The van der Waals surface area contributed by atoms with Crippen molar-refractivity contribution in [3.05, 3.63) is 46.2 Å². The second-order valence-electron chi connectivity index (χ2n) is 7.99. The molecule has 3 aromatic rings. The Morgan fingerprint density at radius 1 is 0.633 bits per heavy atom. The van der Waals surface area contributed by atoms with Crippen LogP contribution in [0.5, 0.6) is 0 Å². The predicted octanol–water partition coefficient (Wildman–Crippen LogP) is 9.87. The summed E-state index contributed by atoms with van der Waals surface area (Å²) in [4.78, 5) is 20.1. The Morgan fingerprint density at radius 2 is 1.20 bits per heavy atom. The van der Waals surface area contributed by atoms with Crippen LogP contribution in [0.25, 0.3) is 19.5 Å². The fourth-order valence-electron chi connectivity index (χ4n) is 3.61. The van der Waals surface area contributed by atoms with Gasteiger partial charge in [0, 0.05) is 30.8 Å². The standard InChI is InChI=1S/C26H34OS3/c1-3-5-7-9-10-12-20-14-15-23(28-20)24-18-19-26(30-24)25-17-16-22(29-25)21(27)13-11-8-6-4-2/h14-19H,3-13H2,1-2H3. The third-order valence-electron chi connectivity index (χ3n) is 5.42. The molecule has 0 aromatic carbocycles. The van der Waals surface area contributed by atoms with Crippen molar-refractivity contribution in [1.29, 1.82) is 0 Å². The molecule has 4 heteroatoms. The van der Waals surface area contributed by atoms with Gasteiger partial charge in [-0.3, -0.25) is 4.79 Å². The van der Waals surface area contributed by atoms with E-state index in [-0.39, 0.29) is 0 Å². The number of Topliss-reactive ketones (excluding diaryl/α,β-unsaturated/α-hetero) is 1. The minimum absolute atomic E-state index is 0.306. The zero-order chi connectivity index (χ0) is 21.2. The molecule has 162 valence electrons. The van der Waals surface area contributed by atoms with Crippen LogP contribution in [-0.2, 0) is 6.42 Å². The molecule has 0 saturated carbocycles. The highest BCUT2D eigenvalue weighted by Gasteiger charge is 2.13. The monoisotopic (exact) mass is 458 g/mol. The molecule has 0 amide bonds. The maximum Gasteiger partial charge on any atom is 0.172 e. The molecule has 0 aliphatic rings. The topological polar surface area (TPSA) is 17.1 Å². The molecule has 0 bridgehead atoms. The lowest BCUT2D eigenvalue weighted by molar-refractivity contribution is 0.0983. The number of hydrogen-bond donors (Lipinski definition) is 0. The minimum Gasteiger partial charge on any atom is -0.293 e. The first kappa shape index (κ1) is 23.4. The third kappa shape index (κ3) is 6.90. The van der Waals surface area contributed by atoms with Crippen molar-refractivity contribution in [2.75, 3.05) is 0 Å². The number of aryl methyl sites for hydroxylation is 1. The van der Waals surface area contributed by atoms with Gasteiger partial charge in [0.25, 0.3) is 0 Å². The molecule has 1 nitrogen and oxygen atoms in total. The van der Waals surface area contributed by atoms with Crippen LogP contribution in [0, 0.1) is 0 Å². The van der Waals surface area contributed by atoms with Gasteiger partial charge in [-0.2, -0.15) is 0 Å². The van der Waals surface area contributed by atoms with Gasteiger partial charge in [-0.15, -0.1) is 34.0 Å². The molecular formula is C26H34OS3. The molecule has 0 aliphatic heterocycles. The lowest BCUT2D eigenvalue weighted by atomic mass is 10.1. The fourth-order valence-corrected chi connectivity index (χ4v) is 6.82. The van der Waals surface area contributed by atoms with Crippen molar-refractivity contribution < 1.29 is 4.79 Å². The van der Waals surface area contributed by atoms with E-state index in [0.717, 1.165) is 17.7 Å². The largest absolute Gasteiger partial charge is 0.293 e. The summed E-state index contributed by atoms with van der Waals surface area (Å²) < 4.78 is 0. The van der Waals surface area contributed by atoms with Crippen LogP contribution in [0.2, 0.25) is 0 Å². The van der Waals surface area contributed by atoms with Crippen LogP contribution >= 0.6 is 34.0 Å². The average molecular weight is 459 g/mol. The number of rotatable bonds is 14. The Morgan fingerprint density at radius 3 is 1.93 bits per heavy atom. The Hall–Kier alpha value is -1.23. The zero-order valence-corrected chi connectivity index (χ0v) is 20.8. The highest BCUT2D eigenvalue weighted by atomic mass is 32.1. The summed E-state index contributed by atoms with van der Waals surface area (Å²) in [5, 5.41) is 0. The van der Waals surface area contributed by atoms with E-state index in [1.54, 1.807) is 11.3 Å². The van der Waals surface area contributed by atoms with Gasteiger partial charge in [0.05, 0.1) is 4.88 Å². The predicted molar refractivity (Wildman–Crippen MR) is 136 cm³/mol. The van der Waals surface area contributed by atoms with Crippen LogP contribution in [0.15, 0.2) is 36.4 Å². The molecule has 0 aliphatic carbocycles. The minimum atomic E-state index is 0.306. The van der Waals surface area contributed by atoms with E-state index in [0.29, 0.717) is 12.2 Å². The number of ketones is 1. The first-order chi connectivity index (χ1) is 14.7. The molecule has 0 radical (unpaired) electrons. The molecule has 0 unspecified atom stereocenters. The highest BCUT2D eigenvalue weighted by Crippen LogP contribution is 2.40.